The molecule has 2 aromatic rings. The maximum Gasteiger partial charge on any atom is 0.311 e. The van der Waals surface area contributed by atoms with Gasteiger partial charge in [-0.25, -0.2) is 4.98 Å². The number of nitrogens with one attached hydrogen (secondary N) is 1. The van der Waals surface area contributed by atoms with Crippen LogP contribution in [0.15, 0.2) is 24.5 Å². The maximum absolute atomic E-state index is 11.5. The van der Waals surface area contributed by atoms with E-state index < -0.39 is 11.4 Å². The van der Waals surface area contributed by atoms with Crippen LogP contribution in [0.3, 0.4) is 0 Å². The standard InChI is InChI=1S/C14H19N3O2/c1-14(2,13(18)19)12(17(3)4)9-5-6-10-11(7-9)16-8-15-10/h5-8,12H,1-4H3,(H,15,16)(H,18,19). The Kier molecular flexibility index (Phi) is 3.32. The highest BCUT2D eigenvalue weighted by Gasteiger charge is 2.39. The van der Waals surface area contributed by atoms with Crippen LogP contribution in [0.4, 0.5) is 0 Å². The van der Waals surface area contributed by atoms with E-state index in [0.717, 1.165) is 16.6 Å². The molecule has 0 aliphatic carbocycles. The lowest BCUT2D eigenvalue weighted by molar-refractivity contribution is -0.150. The van der Waals surface area contributed by atoms with Gasteiger partial charge < -0.3 is 15.0 Å². The second kappa shape index (κ2) is 4.66. The number of aliphatic carboxylic acids is 1. The van der Waals surface area contributed by atoms with Gasteiger partial charge in [-0.05, 0) is 45.6 Å². The van der Waals surface area contributed by atoms with Crippen LogP contribution in [0.5, 0.6) is 0 Å². The summed E-state index contributed by atoms with van der Waals surface area (Å²) in [5, 5.41) is 9.45. The molecule has 1 aromatic heterocycles. The number of carbonyl (C=O) groups is 1. The summed E-state index contributed by atoms with van der Waals surface area (Å²) >= 11 is 0. The first kappa shape index (κ1) is 13.5. The van der Waals surface area contributed by atoms with E-state index in [1.807, 2.05) is 37.2 Å². The number of nitrogens with zero attached hydrogens (tertiary/aromatic N) is 2. The molecule has 0 aliphatic rings. The van der Waals surface area contributed by atoms with Crippen molar-refractivity contribution in [3.63, 3.8) is 0 Å². The fourth-order valence-electron chi connectivity index (χ4n) is 2.60. The quantitative estimate of drug-likeness (QED) is 0.886. The van der Waals surface area contributed by atoms with Crippen LogP contribution in [0, 0.1) is 5.41 Å². The van der Waals surface area contributed by atoms with Crippen molar-refractivity contribution in [1.29, 1.82) is 0 Å². The number of fused-ring (bicyclic) bond motifs is 1. The summed E-state index contributed by atoms with van der Waals surface area (Å²) in [7, 11) is 3.79. The van der Waals surface area contributed by atoms with Crippen LogP contribution in [-0.4, -0.2) is 40.0 Å². The number of benzene rings is 1. The normalized spacial score (nSPS) is 13.9. The molecule has 5 nitrogen and oxygen atoms in total. The lowest BCUT2D eigenvalue weighted by Crippen LogP contribution is -2.39. The van der Waals surface area contributed by atoms with Crippen molar-refractivity contribution >= 4 is 17.0 Å². The van der Waals surface area contributed by atoms with Gasteiger partial charge in [0.05, 0.1) is 22.8 Å². The Morgan fingerprint density at radius 1 is 1.42 bits per heavy atom. The van der Waals surface area contributed by atoms with E-state index in [1.165, 1.54) is 0 Å². The van der Waals surface area contributed by atoms with Crippen LogP contribution >= 0.6 is 0 Å². The van der Waals surface area contributed by atoms with Crippen molar-refractivity contribution in [1.82, 2.24) is 14.9 Å². The molecule has 0 fully saturated rings. The summed E-state index contributed by atoms with van der Waals surface area (Å²) in [6, 6.07) is 5.61. The third-order valence-corrected chi connectivity index (χ3v) is 3.51. The molecule has 1 unspecified atom stereocenters. The van der Waals surface area contributed by atoms with Gasteiger partial charge in [0.2, 0.25) is 0 Å². The number of hydrogen-bond donors (Lipinski definition) is 2. The third kappa shape index (κ3) is 2.33. The van der Waals surface area contributed by atoms with E-state index in [9.17, 15) is 9.90 Å². The Hall–Kier alpha value is -1.88. The molecule has 0 saturated heterocycles. The van der Waals surface area contributed by atoms with Crippen LogP contribution < -0.4 is 0 Å². The molecule has 102 valence electrons. The Balaban J connectivity index is 2.52. The number of H-pyrrole nitrogens is 1. The van der Waals surface area contributed by atoms with Gasteiger partial charge in [-0.15, -0.1) is 0 Å². The molecule has 2 rings (SSSR count). The van der Waals surface area contributed by atoms with Crippen LogP contribution in [0.25, 0.3) is 11.0 Å². The molecule has 0 amide bonds. The van der Waals surface area contributed by atoms with Gasteiger partial charge in [-0.1, -0.05) is 6.07 Å². The number of carboxylic acid groups (broad SMARTS) is 1. The van der Waals surface area contributed by atoms with E-state index in [-0.39, 0.29) is 6.04 Å². The first-order valence-corrected chi connectivity index (χ1v) is 6.17. The highest BCUT2D eigenvalue weighted by Crippen LogP contribution is 2.37. The Morgan fingerprint density at radius 2 is 2.11 bits per heavy atom. The van der Waals surface area contributed by atoms with Crippen molar-refractivity contribution in [2.24, 2.45) is 5.41 Å². The van der Waals surface area contributed by atoms with Crippen molar-refractivity contribution in [2.45, 2.75) is 19.9 Å². The molecule has 0 spiro atoms. The zero-order valence-electron chi connectivity index (χ0n) is 11.6. The first-order valence-electron chi connectivity index (χ1n) is 6.17. The molecular weight excluding hydrogens is 242 g/mol. The van der Waals surface area contributed by atoms with E-state index in [4.69, 9.17) is 0 Å². The first-order chi connectivity index (χ1) is 8.84. The van der Waals surface area contributed by atoms with Gasteiger partial charge in [-0.3, -0.25) is 4.79 Å². The van der Waals surface area contributed by atoms with Gasteiger partial charge in [0.25, 0.3) is 0 Å². The minimum absolute atomic E-state index is 0.210. The van der Waals surface area contributed by atoms with Crippen molar-refractivity contribution in [2.75, 3.05) is 14.1 Å². The Labute approximate surface area is 112 Å². The highest BCUT2D eigenvalue weighted by molar-refractivity contribution is 5.77. The monoisotopic (exact) mass is 261 g/mol. The minimum atomic E-state index is -0.878. The number of carboxylic acids is 1. The third-order valence-electron chi connectivity index (χ3n) is 3.51. The van der Waals surface area contributed by atoms with Crippen molar-refractivity contribution in [3.05, 3.63) is 30.1 Å². The molecule has 0 aliphatic heterocycles. The Bertz CT molecular complexity index is 602. The second-order valence-electron chi connectivity index (χ2n) is 5.57. The summed E-state index contributed by atoms with van der Waals surface area (Å²) in [6.07, 6.45) is 1.64. The summed E-state index contributed by atoms with van der Waals surface area (Å²) in [6.45, 7) is 3.49. The van der Waals surface area contributed by atoms with Crippen molar-refractivity contribution < 1.29 is 9.90 Å². The van der Waals surface area contributed by atoms with Gasteiger partial charge in [0.1, 0.15) is 0 Å². The topological polar surface area (TPSA) is 69.2 Å². The molecular formula is C14H19N3O2. The molecule has 1 heterocycles. The van der Waals surface area contributed by atoms with Gasteiger partial charge in [-0.2, -0.15) is 0 Å². The molecule has 0 saturated carbocycles. The fraction of sp³-hybridized carbons (Fsp3) is 0.429. The number of hydrogen-bond acceptors (Lipinski definition) is 3. The summed E-state index contributed by atoms with van der Waals surface area (Å²) < 4.78 is 0. The maximum atomic E-state index is 11.5. The van der Waals surface area contributed by atoms with Crippen LogP contribution in [0.1, 0.15) is 25.5 Å². The van der Waals surface area contributed by atoms with Gasteiger partial charge in [0, 0.05) is 6.04 Å². The lowest BCUT2D eigenvalue weighted by Gasteiger charge is -2.35. The van der Waals surface area contributed by atoms with Gasteiger partial charge in [0.15, 0.2) is 0 Å². The van der Waals surface area contributed by atoms with E-state index in [0.29, 0.717) is 0 Å². The average molecular weight is 261 g/mol. The molecule has 19 heavy (non-hydrogen) atoms. The Morgan fingerprint density at radius 3 is 2.68 bits per heavy atom. The molecule has 5 heteroatoms. The average Bonchev–Trinajstić information content (AvgIpc) is 2.75. The number of imidazole rings is 1. The summed E-state index contributed by atoms with van der Waals surface area (Å²) in [5.41, 5.74) is 1.89. The predicted octanol–water partition coefficient (Wildman–Crippen LogP) is 2.28. The molecule has 2 N–H and O–H groups in total. The smallest absolute Gasteiger partial charge is 0.311 e. The molecule has 1 aromatic carbocycles. The molecule has 0 bridgehead atoms. The number of rotatable bonds is 4. The zero-order chi connectivity index (χ0) is 14.2. The minimum Gasteiger partial charge on any atom is -0.481 e. The fourth-order valence-corrected chi connectivity index (χ4v) is 2.60. The van der Waals surface area contributed by atoms with Crippen LogP contribution in [-0.2, 0) is 4.79 Å². The van der Waals surface area contributed by atoms with E-state index in [1.54, 1.807) is 20.2 Å². The lowest BCUT2D eigenvalue weighted by atomic mass is 9.79. The number of aromatic nitrogens is 2. The van der Waals surface area contributed by atoms with Crippen LogP contribution in [0.2, 0.25) is 0 Å². The van der Waals surface area contributed by atoms with Crippen molar-refractivity contribution in [3.8, 4) is 0 Å². The molecule has 1 atom stereocenters. The SMILES string of the molecule is CN(C)C(c1ccc2nc[nH]c2c1)C(C)(C)C(=O)O. The zero-order valence-corrected chi connectivity index (χ0v) is 11.6. The molecule has 0 radical (unpaired) electrons. The van der Waals surface area contributed by atoms with E-state index >= 15 is 0 Å². The second-order valence-corrected chi connectivity index (χ2v) is 5.57. The largest absolute Gasteiger partial charge is 0.481 e. The number of aromatic amines is 1. The summed E-state index contributed by atoms with van der Waals surface area (Å²) in [4.78, 5) is 20.7. The van der Waals surface area contributed by atoms with Gasteiger partial charge >= 0.3 is 5.97 Å². The predicted molar refractivity (Wildman–Crippen MR) is 73.9 cm³/mol. The highest BCUT2D eigenvalue weighted by atomic mass is 16.4. The van der Waals surface area contributed by atoms with E-state index in [2.05, 4.69) is 9.97 Å². The summed E-state index contributed by atoms with van der Waals surface area (Å²) in [5.74, 6) is -0.809.